The van der Waals surface area contributed by atoms with Gasteiger partial charge in [-0.15, -0.1) is 0 Å². The number of anilines is 2. The molecule has 12 heteroatoms. The molecule has 0 radical (unpaired) electrons. The molecule has 0 saturated carbocycles. The first kappa shape index (κ1) is 64.0. The monoisotopic (exact) mass is 1390 g/mol. The lowest BCUT2D eigenvalue weighted by Crippen LogP contribution is -2.16. The number of nitrogens with zero attached hydrogens (tertiary/aromatic N) is 4. The maximum Gasteiger partial charge on any atom is 0.255 e. The van der Waals surface area contributed by atoms with E-state index in [4.69, 9.17) is 19.9 Å². The third-order valence-electron chi connectivity index (χ3n) is 20.2. The van der Waals surface area contributed by atoms with Crippen LogP contribution in [0.1, 0.15) is 66.3 Å². The van der Waals surface area contributed by atoms with E-state index in [0.29, 0.717) is 33.9 Å². The maximum atomic E-state index is 15.2. The lowest BCUT2D eigenvalue weighted by molar-refractivity contribution is 0.102. The van der Waals surface area contributed by atoms with Gasteiger partial charge in [0.05, 0.1) is 45.6 Å². The molecule has 510 valence electrons. The smallest absolute Gasteiger partial charge is 0.255 e. The van der Waals surface area contributed by atoms with Gasteiger partial charge in [-0.2, -0.15) is 0 Å². The van der Waals surface area contributed by atoms with E-state index >= 15 is 9.59 Å². The van der Waals surface area contributed by atoms with Gasteiger partial charge < -0.3 is 30.6 Å². The molecule has 4 aliphatic heterocycles. The van der Waals surface area contributed by atoms with Gasteiger partial charge in [0, 0.05) is 122 Å². The van der Waals surface area contributed by atoms with Crippen LogP contribution in [-0.2, 0) is 0 Å². The predicted molar refractivity (Wildman–Crippen MR) is 444 cm³/mol. The number of carbonyl (C=O) groups excluding carboxylic acids is 2. The van der Waals surface area contributed by atoms with Gasteiger partial charge in [-0.25, -0.2) is 19.9 Å². The predicted octanol–water partition coefficient (Wildman–Crippen LogP) is 23.5. The zero-order chi connectivity index (χ0) is 72.0. The molecule has 0 spiro atoms. The molecule has 16 bridgehead atoms. The molecule has 0 fully saturated rings. The fourth-order valence-corrected chi connectivity index (χ4v) is 15.2. The Morgan fingerprint density at radius 2 is 0.417 bits per heavy atom. The Kier molecular flexibility index (Phi) is 16.2. The number of aromatic amines is 4. The van der Waals surface area contributed by atoms with E-state index in [2.05, 4.69) is 213 Å². The second-order valence-electron chi connectivity index (χ2n) is 26.8. The second kappa shape index (κ2) is 27.4. The van der Waals surface area contributed by atoms with E-state index in [9.17, 15) is 0 Å². The Hall–Kier alpha value is -14.9. The molecule has 4 aliphatic rings. The van der Waals surface area contributed by atoms with Gasteiger partial charge in [-0.05, 0) is 161 Å². The summed E-state index contributed by atoms with van der Waals surface area (Å²) in [4.78, 5) is 67.7. The summed E-state index contributed by atoms with van der Waals surface area (Å²) in [5, 5.41) is 6.59. The summed E-state index contributed by atoms with van der Waals surface area (Å²) in [5.74, 6) is -0.833. The number of carbonyl (C=O) groups is 2. The first-order valence-corrected chi connectivity index (χ1v) is 35.9. The van der Waals surface area contributed by atoms with E-state index < -0.39 is 11.8 Å². The zero-order valence-corrected chi connectivity index (χ0v) is 58.1. The highest BCUT2D eigenvalue weighted by Crippen LogP contribution is 2.44. The van der Waals surface area contributed by atoms with E-state index in [1.807, 2.05) is 146 Å². The third kappa shape index (κ3) is 11.9. The van der Waals surface area contributed by atoms with Crippen molar-refractivity contribution in [2.45, 2.75) is 0 Å². The summed E-state index contributed by atoms with van der Waals surface area (Å²) in [5.41, 5.74) is 29.0. The van der Waals surface area contributed by atoms with Crippen molar-refractivity contribution in [2.24, 2.45) is 0 Å². The normalized spacial score (nSPS) is 12.0. The van der Waals surface area contributed by atoms with E-state index in [-0.39, 0.29) is 11.1 Å². The summed E-state index contributed by atoms with van der Waals surface area (Å²) in [7, 11) is 0. The summed E-state index contributed by atoms with van der Waals surface area (Å²) in [6, 6.07) is 101. The van der Waals surface area contributed by atoms with E-state index in [1.54, 1.807) is 24.3 Å². The topological polar surface area (TPSA) is 173 Å². The standard InChI is InChI=1S/C96H64N10O2/c107-95(105-69-40-21-19-38-67(69)93-83-54-50-79(101-83)89(61-28-11-3-12-29-61)75-46-42-71(97-75)87(59-24-7-1-8-25-59)72-43-47-76(98-72)90(62-30-13-4-14-31-62)80-51-55-84(93)102-80)65-36-23-37-66(58-65)96(108)106-70-41-22-20-39-68(70)94-85-56-52-81(103-85)91(63-32-15-5-16-33-63)77-48-44-73(99-77)88(60-26-9-2-10-27-60)74-45-49-78(100-74)92(64-34-17-6-18-35-64)82-53-57-86(94)104-82/h1-58,97,99,102,104H,(H,105,107)(H,106,108). The Balaban J connectivity index is 0.720. The van der Waals surface area contributed by atoms with Crippen LogP contribution < -0.4 is 10.6 Å². The van der Waals surface area contributed by atoms with E-state index in [1.165, 1.54) is 0 Å². The van der Waals surface area contributed by atoms with Crippen molar-refractivity contribution in [3.05, 3.63) is 360 Å². The lowest BCUT2D eigenvalue weighted by Gasteiger charge is -2.14. The van der Waals surface area contributed by atoms with Gasteiger partial charge in [0.1, 0.15) is 0 Å². The molecule has 19 rings (SSSR count). The first-order valence-electron chi connectivity index (χ1n) is 35.9. The highest BCUT2D eigenvalue weighted by Gasteiger charge is 2.25. The van der Waals surface area contributed by atoms with Crippen LogP contribution in [0.25, 0.3) is 182 Å². The van der Waals surface area contributed by atoms with Crippen molar-refractivity contribution < 1.29 is 9.59 Å². The third-order valence-corrected chi connectivity index (χ3v) is 20.2. The Labute approximate surface area is 621 Å². The van der Waals surface area contributed by atoms with Crippen LogP contribution in [0.5, 0.6) is 0 Å². The van der Waals surface area contributed by atoms with Crippen LogP contribution in [0.2, 0.25) is 0 Å². The van der Waals surface area contributed by atoms with Gasteiger partial charge in [-0.3, -0.25) is 9.59 Å². The van der Waals surface area contributed by atoms with Crippen LogP contribution in [0.4, 0.5) is 11.4 Å². The number of hydrogen-bond donors (Lipinski definition) is 6. The molecule has 12 nitrogen and oxygen atoms in total. The summed E-state index contributed by atoms with van der Waals surface area (Å²) in [6.07, 6.45) is 16.6. The highest BCUT2D eigenvalue weighted by molar-refractivity contribution is 6.13. The van der Waals surface area contributed by atoms with Crippen LogP contribution in [-0.4, -0.2) is 51.7 Å². The molecule has 9 aromatic carbocycles. The molecular formula is C96H64N10O2. The van der Waals surface area contributed by atoms with Crippen LogP contribution in [0.15, 0.2) is 303 Å². The molecule has 6 N–H and O–H groups in total. The Bertz CT molecular complexity index is 6150. The molecule has 0 atom stereocenters. The van der Waals surface area contributed by atoms with Crippen LogP contribution in [0.3, 0.4) is 0 Å². The van der Waals surface area contributed by atoms with Crippen molar-refractivity contribution in [3.63, 3.8) is 0 Å². The van der Waals surface area contributed by atoms with Gasteiger partial charge in [0.15, 0.2) is 0 Å². The van der Waals surface area contributed by atoms with Gasteiger partial charge in [-0.1, -0.05) is 224 Å². The quantitative estimate of drug-likeness (QED) is 0.0710. The lowest BCUT2D eigenvalue weighted by atomic mass is 10.0. The number of para-hydroxylation sites is 2. The molecule has 6 aromatic heterocycles. The van der Waals surface area contributed by atoms with Gasteiger partial charge in [0.25, 0.3) is 11.8 Å². The molecule has 0 aliphatic carbocycles. The molecule has 0 unspecified atom stereocenters. The van der Waals surface area contributed by atoms with Crippen LogP contribution in [0, 0.1) is 0 Å². The number of aromatic nitrogens is 8. The minimum atomic E-state index is -0.416. The van der Waals surface area contributed by atoms with Gasteiger partial charge >= 0.3 is 0 Å². The summed E-state index contributed by atoms with van der Waals surface area (Å²) < 4.78 is 0. The molecular weight excluding hydrogens is 1330 g/mol. The Morgan fingerprint density at radius 3 is 0.657 bits per heavy atom. The van der Waals surface area contributed by atoms with Crippen molar-refractivity contribution in [1.82, 2.24) is 39.9 Å². The average Bonchev–Trinajstić information content (AvgIpc) is 1.62. The minimum absolute atomic E-state index is 0.276. The van der Waals surface area contributed by atoms with Gasteiger partial charge in [0.2, 0.25) is 0 Å². The number of rotatable bonds is 12. The fraction of sp³-hybridized carbons (Fsp3) is 0. The molecule has 0 saturated heterocycles. The molecule has 10 heterocycles. The fourth-order valence-electron chi connectivity index (χ4n) is 15.2. The van der Waals surface area contributed by atoms with Crippen molar-refractivity contribution in [3.8, 4) is 89.0 Å². The first-order chi connectivity index (χ1) is 53.3. The molecule has 2 amide bonds. The number of nitrogens with one attached hydrogen (secondary N) is 6. The SMILES string of the molecule is O=C(Nc1ccccc1-c1c2nc(c(-c3ccccc3)c3ccc([nH]3)c(-c3ccccc3)c3nc(c(-c4ccccc4)c4ccc1[nH]4)C=C3)C=C2)c1cccc(C(=O)Nc2ccccc2-c2c3nc(c(-c4ccccc4)c4ccc([nH]4)c(-c4ccccc4)c4nc(c(-c5ccccc5)c5ccc2[nH]5)C=C4)C=C3)c1. The molecule has 15 aromatic rings. The number of benzene rings is 9. The van der Waals surface area contributed by atoms with Crippen molar-refractivity contribution in [1.29, 1.82) is 0 Å². The molecule has 108 heavy (non-hydrogen) atoms. The summed E-state index contributed by atoms with van der Waals surface area (Å²) in [6.45, 7) is 0. The average molecular weight is 1390 g/mol. The number of amides is 2. The number of hydrogen-bond acceptors (Lipinski definition) is 6. The second-order valence-corrected chi connectivity index (χ2v) is 26.8. The van der Waals surface area contributed by atoms with E-state index in [0.717, 1.165) is 156 Å². The Morgan fingerprint density at radius 1 is 0.213 bits per heavy atom. The zero-order valence-electron chi connectivity index (χ0n) is 58.1. The highest BCUT2D eigenvalue weighted by atomic mass is 16.2. The number of fused-ring (bicyclic) bond motifs is 16. The number of H-pyrrole nitrogens is 4. The van der Waals surface area contributed by atoms with Crippen LogP contribution >= 0.6 is 0 Å². The maximum absolute atomic E-state index is 15.2. The minimum Gasteiger partial charge on any atom is -0.354 e. The van der Waals surface area contributed by atoms with Crippen molar-refractivity contribution >= 4 is 116 Å². The largest absolute Gasteiger partial charge is 0.354 e. The van der Waals surface area contributed by atoms with Crippen molar-refractivity contribution in [2.75, 3.05) is 10.6 Å². The summed E-state index contributed by atoms with van der Waals surface area (Å²) >= 11 is 0.